The Morgan fingerprint density at radius 3 is 2.49 bits per heavy atom. The lowest BCUT2D eigenvalue weighted by atomic mass is 10.0. The number of aliphatic hydroxyl groups is 1. The maximum absolute atomic E-state index is 14.3. The molecule has 4 aromatic rings. The average molecular weight is 556 g/mol. The van der Waals surface area contributed by atoms with Gasteiger partial charge in [0.05, 0.1) is 38.5 Å². The van der Waals surface area contributed by atoms with E-state index in [1.165, 1.54) is 7.11 Å². The predicted octanol–water partition coefficient (Wildman–Crippen LogP) is 5.37. The molecule has 2 heterocycles. The Kier molecular flexibility index (Phi) is 8.59. The summed E-state index contributed by atoms with van der Waals surface area (Å²) in [5, 5.41) is 11.5. The second-order valence-electron chi connectivity index (χ2n) is 10.4. The highest BCUT2D eigenvalue weighted by molar-refractivity contribution is 5.98. The zero-order chi connectivity index (χ0) is 28.9. The molecule has 8 heteroatoms. The summed E-state index contributed by atoms with van der Waals surface area (Å²) in [5.74, 6) is 2.25. The van der Waals surface area contributed by atoms with E-state index in [1.807, 2.05) is 41.3 Å². The molecule has 1 aromatic heterocycles. The number of nitrogens with zero attached hydrogens (tertiary/aromatic N) is 3. The van der Waals surface area contributed by atoms with Crippen LogP contribution in [-0.2, 0) is 13.1 Å². The first-order valence-corrected chi connectivity index (χ1v) is 13.9. The summed E-state index contributed by atoms with van der Waals surface area (Å²) in [5.41, 5.74) is 4.30. The van der Waals surface area contributed by atoms with Crippen LogP contribution in [0.3, 0.4) is 0 Å². The maximum atomic E-state index is 14.3. The number of aliphatic hydroxyl groups excluding tert-OH is 1. The number of methoxy groups -OCH3 is 3. The number of benzene rings is 3. The van der Waals surface area contributed by atoms with Gasteiger partial charge in [-0.15, -0.1) is 0 Å². The summed E-state index contributed by atoms with van der Waals surface area (Å²) in [6.07, 6.45) is 1.24. The molecule has 0 spiro atoms. The molecule has 3 aromatic carbocycles. The van der Waals surface area contributed by atoms with Crippen LogP contribution in [0.25, 0.3) is 10.9 Å². The van der Waals surface area contributed by atoms with Crippen molar-refractivity contribution < 1.29 is 24.1 Å². The molecule has 1 fully saturated rings. The van der Waals surface area contributed by atoms with Gasteiger partial charge in [-0.1, -0.05) is 36.4 Å². The van der Waals surface area contributed by atoms with Crippen LogP contribution in [0.5, 0.6) is 17.2 Å². The van der Waals surface area contributed by atoms with Gasteiger partial charge in [0.1, 0.15) is 11.6 Å². The van der Waals surface area contributed by atoms with E-state index in [0.29, 0.717) is 36.7 Å². The molecule has 0 saturated carbocycles. The largest absolute Gasteiger partial charge is 0.497 e. The lowest BCUT2D eigenvalue weighted by molar-refractivity contribution is 0.0725. The smallest absolute Gasteiger partial charge is 0.258 e. The van der Waals surface area contributed by atoms with Crippen LogP contribution >= 0.6 is 0 Å². The van der Waals surface area contributed by atoms with E-state index in [9.17, 15) is 9.90 Å². The van der Waals surface area contributed by atoms with Crippen molar-refractivity contribution in [3.63, 3.8) is 0 Å². The molecular formula is C33H37N3O5. The molecule has 1 saturated heterocycles. The normalized spacial score (nSPS) is 15.0. The van der Waals surface area contributed by atoms with Gasteiger partial charge in [-0.3, -0.25) is 4.79 Å². The third-order valence-electron chi connectivity index (χ3n) is 7.61. The molecular weight excluding hydrogens is 518 g/mol. The number of carbonyl (C=O) groups excluding carboxylic acids is 1. The summed E-state index contributed by atoms with van der Waals surface area (Å²) in [6.45, 7) is 4.03. The number of para-hydroxylation sites is 2. The summed E-state index contributed by atoms with van der Waals surface area (Å²) in [4.78, 5) is 23.4. The van der Waals surface area contributed by atoms with Crippen LogP contribution in [0.15, 0.2) is 66.7 Å². The highest BCUT2D eigenvalue weighted by Crippen LogP contribution is 2.34. The van der Waals surface area contributed by atoms with Gasteiger partial charge < -0.3 is 29.1 Å². The number of rotatable bonds is 9. The van der Waals surface area contributed by atoms with E-state index in [-0.39, 0.29) is 5.91 Å². The van der Waals surface area contributed by atoms with E-state index in [4.69, 9.17) is 19.2 Å². The summed E-state index contributed by atoms with van der Waals surface area (Å²) in [7, 11) is 4.73. The number of aromatic nitrogens is 1. The highest BCUT2D eigenvalue weighted by Gasteiger charge is 2.27. The Hall–Kier alpha value is -4.30. The lowest BCUT2D eigenvalue weighted by Crippen LogP contribution is -2.40. The minimum atomic E-state index is -0.413. The van der Waals surface area contributed by atoms with E-state index < -0.39 is 6.10 Å². The van der Waals surface area contributed by atoms with E-state index in [2.05, 4.69) is 24.0 Å². The number of fused-ring (bicyclic) bond motifs is 1. The molecule has 0 aliphatic carbocycles. The zero-order valence-electron chi connectivity index (χ0n) is 24.1. The van der Waals surface area contributed by atoms with Gasteiger partial charge >= 0.3 is 0 Å². The maximum Gasteiger partial charge on any atom is 0.258 e. The third kappa shape index (κ3) is 6.07. The Balaban J connectivity index is 1.60. The third-order valence-corrected chi connectivity index (χ3v) is 7.61. The number of piperidine rings is 1. The molecule has 8 nitrogen and oxygen atoms in total. The highest BCUT2D eigenvalue weighted by atomic mass is 16.5. The molecule has 0 bridgehead atoms. The van der Waals surface area contributed by atoms with Crippen molar-refractivity contribution in [3.05, 3.63) is 89.0 Å². The van der Waals surface area contributed by atoms with Gasteiger partial charge in [0.15, 0.2) is 11.5 Å². The average Bonchev–Trinajstić information content (AvgIpc) is 3.00. The van der Waals surface area contributed by atoms with Crippen molar-refractivity contribution in [3.8, 4) is 17.2 Å². The number of pyridine rings is 1. The fraction of sp³-hybridized carbons (Fsp3) is 0.333. The molecule has 0 radical (unpaired) electrons. The molecule has 1 aliphatic rings. The van der Waals surface area contributed by atoms with Crippen LogP contribution in [0.2, 0.25) is 0 Å². The molecule has 1 amide bonds. The first-order valence-electron chi connectivity index (χ1n) is 13.9. The van der Waals surface area contributed by atoms with E-state index in [1.54, 1.807) is 32.4 Å². The fourth-order valence-electron chi connectivity index (χ4n) is 5.50. The SMILES string of the molecule is COc1ccc(CN(Cc2cc3cccc(C)c3nc2N2CCC[C@@H](O)C2)C(=O)c2cccc(OC)c2OC)cc1. The van der Waals surface area contributed by atoms with Crippen molar-refractivity contribution in [2.24, 2.45) is 0 Å². The Morgan fingerprint density at radius 1 is 1.00 bits per heavy atom. The van der Waals surface area contributed by atoms with Gasteiger partial charge in [-0.05, 0) is 61.2 Å². The molecule has 0 unspecified atom stereocenters. The molecule has 41 heavy (non-hydrogen) atoms. The Labute approximate surface area is 241 Å². The molecule has 1 aliphatic heterocycles. The second-order valence-corrected chi connectivity index (χ2v) is 10.4. The van der Waals surface area contributed by atoms with Crippen LogP contribution in [0, 0.1) is 6.92 Å². The van der Waals surface area contributed by atoms with E-state index in [0.717, 1.165) is 58.5 Å². The number of aryl methyl sites for hydroxylation is 1. The van der Waals surface area contributed by atoms with Gasteiger partial charge in [0, 0.05) is 37.1 Å². The summed E-state index contributed by atoms with van der Waals surface area (Å²) in [6, 6.07) is 21.3. The van der Waals surface area contributed by atoms with E-state index >= 15 is 0 Å². The van der Waals surface area contributed by atoms with Crippen LogP contribution in [-0.4, -0.2) is 61.4 Å². The topological polar surface area (TPSA) is 84.4 Å². The second kappa shape index (κ2) is 12.5. The minimum absolute atomic E-state index is 0.189. The van der Waals surface area contributed by atoms with Crippen LogP contribution in [0.1, 0.15) is 39.9 Å². The molecule has 1 atom stereocenters. The Bertz CT molecular complexity index is 1520. The number of β-amino-alcohol motifs (C(OH)–C–C–N with tert-alkyl or cyclic N) is 1. The minimum Gasteiger partial charge on any atom is -0.497 e. The van der Waals surface area contributed by atoms with Crippen molar-refractivity contribution in [2.75, 3.05) is 39.3 Å². The molecule has 5 rings (SSSR count). The lowest BCUT2D eigenvalue weighted by Gasteiger charge is -2.34. The number of amides is 1. The number of anilines is 1. The van der Waals surface area contributed by atoms with Crippen molar-refractivity contribution in [1.29, 1.82) is 0 Å². The Morgan fingerprint density at radius 2 is 1.78 bits per heavy atom. The fourth-order valence-corrected chi connectivity index (χ4v) is 5.50. The van der Waals surface area contributed by atoms with Gasteiger partial charge in [0.25, 0.3) is 5.91 Å². The summed E-state index contributed by atoms with van der Waals surface area (Å²) >= 11 is 0. The van der Waals surface area contributed by atoms with Gasteiger partial charge in [-0.2, -0.15) is 0 Å². The molecule has 1 N–H and O–H groups in total. The zero-order valence-corrected chi connectivity index (χ0v) is 24.1. The van der Waals surface area contributed by atoms with Crippen molar-refractivity contribution >= 4 is 22.6 Å². The van der Waals surface area contributed by atoms with Crippen LogP contribution in [0.4, 0.5) is 5.82 Å². The number of hydrogen-bond donors (Lipinski definition) is 1. The first kappa shape index (κ1) is 28.2. The number of carbonyl (C=O) groups is 1. The van der Waals surface area contributed by atoms with Crippen molar-refractivity contribution in [2.45, 2.75) is 39.0 Å². The standard InChI is InChI=1S/C33H37N3O5/c1-22-8-5-9-24-18-25(32(34-30(22)24)35-17-7-10-26(37)21-35)20-36(19-23-13-15-27(39-2)16-14-23)33(38)28-11-6-12-29(40-3)31(28)41-4/h5-6,8-9,11-16,18,26,37H,7,10,17,19-21H2,1-4H3/t26-/m1/s1. The van der Waals surface area contributed by atoms with Crippen LogP contribution < -0.4 is 19.1 Å². The predicted molar refractivity (Wildman–Crippen MR) is 160 cm³/mol. The number of hydrogen-bond acceptors (Lipinski definition) is 7. The van der Waals surface area contributed by atoms with Gasteiger partial charge in [0.2, 0.25) is 0 Å². The monoisotopic (exact) mass is 555 g/mol. The summed E-state index contributed by atoms with van der Waals surface area (Å²) < 4.78 is 16.5. The first-order chi connectivity index (χ1) is 19.9. The quantitative estimate of drug-likeness (QED) is 0.297. The van der Waals surface area contributed by atoms with Gasteiger partial charge in [-0.25, -0.2) is 4.98 Å². The molecule has 214 valence electrons. The van der Waals surface area contributed by atoms with Crippen molar-refractivity contribution in [1.82, 2.24) is 9.88 Å². The number of ether oxygens (including phenoxy) is 3.